The summed E-state index contributed by atoms with van der Waals surface area (Å²) in [4.78, 5) is 10.6. The van der Waals surface area contributed by atoms with Crippen molar-refractivity contribution in [1.29, 1.82) is 0 Å². The van der Waals surface area contributed by atoms with E-state index in [-0.39, 0.29) is 5.91 Å². The van der Waals surface area contributed by atoms with Crippen LogP contribution in [0, 0.1) is 0 Å². The number of carbonyl (C=O) groups is 1. The number of hydrogen-bond donors (Lipinski definition) is 1. The molecule has 0 aliphatic heterocycles. The molecule has 1 amide bonds. The Balaban J connectivity index is 2.11. The van der Waals surface area contributed by atoms with Gasteiger partial charge in [-0.1, -0.05) is 18.2 Å². The second kappa shape index (κ2) is 5.12. The lowest BCUT2D eigenvalue weighted by Gasteiger charge is -2.00. The highest BCUT2D eigenvalue weighted by Crippen LogP contribution is 2.08. The van der Waals surface area contributed by atoms with Gasteiger partial charge in [-0.2, -0.15) is 5.10 Å². The van der Waals surface area contributed by atoms with E-state index >= 15 is 0 Å². The van der Waals surface area contributed by atoms with Crippen LogP contribution in [0.4, 0.5) is 0 Å². The molecule has 0 fully saturated rings. The highest BCUT2D eigenvalue weighted by Gasteiger charge is 1.96. The standard InChI is InChI=1S/C13H13N3O/c1-11(17)15-14-9-12-7-8-16(10-12)13-5-3-2-4-6-13/h2-10H,1H3,(H,15,17)/b14-9-. The van der Waals surface area contributed by atoms with Crippen LogP contribution < -0.4 is 5.43 Å². The Morgan fingerprint density at radius 2 is 2.06 bits per heavy atom. The number of hydrogen-bond acceptors (Lipinski definition) is 2. The summed E-state index contributed by atoms with van der Waals surface area (Å²) in [6.07, 6.45) is 5.51. The van der Waals surface area contributed by atoms with Crippen LogP contribution in [0.5, 0.6) is 0 Å². The van der Waals surface area contributed by atoms with Crippen molar-refractivity contribution in [2.24, 2.45) is 5.10 Å². The Hall–Kier alpha value is -2.36. The molecule has 0 aliphatic rings. The monoisotopic (exact) mass is 227 g/mol. The fourth-order valence-electron chi connectivity index (χ4n) is 1.45. The van der Waals surface area contributed by atoms with Crippen LogP contribution in [0.3, 0.4) is 0 Å². The Kier molecular flexibility index (Phi) is 3.35. The molecule has 17 heavy (non-hydrogen) atoms. The van der Waals surface area contributed by atoms with Crippen molar-refractivity contribution in [3.05, 3.63) is 54.4 Å². The molecule has 0 atom stereocenters. The highest BCUT2D eigenvalue weighted by atomic mass is 16.2. The predicted octanol–water partition coefficient (Wildman–Crippen LogP) is 1.95. The molecule has 0 aliphatic carbocycles. The SMILES string of the molecule is CC(=O)N/N=C\c1ccn(-c2ccccc2)c1. The van der Waals surface area contributed by atoms with Gasteiger partial charge in [0.25, 0.3) is 0 Å². The molecule has 0 bridgehead atoms. The number of hydrazone groups is 1. The average molecular weight is 227 g/mol. The van der Waals surface area contributed by atoms with Crippen molar-refractivity contribution in [2.75, 3.05) is 0 Å². The molecule has 0 saturated carbocycles. The van der Waals surface area contributed by atoms with Crippen LogP contribution in [0.1, 0.15) is 12.5 Å². The first-order chi connectivity index (χ1) is 8.25. The maximum Gasteiger partial charge on any atom is 0.236 e. The van der Waals surface area contributed by atoms with E-state index in [1.54, 1.807) is 6.21 Å². The van der Waals surface area contributed by atoms with Gasteiger partial charge < -0.3 is 4.57 Å². The zero-order valence-electron chi connectivity index (χ0n) is 9.50. The molecular weight excluding hydrogens is 214 g/mol. The van der Waals surface area contributed by atoms with Crippen molar-refractivity contribution in [1.82, 2.24) is 9.99 Å². The fraction of sp³-hybridized carbons (Fsp3) is 0.0769. The maximum absolute atomic E-state index is 10.6. The van der Waals surface area contributed by atoms with Crippen molar-refractivity contribution < 1.29 is 4.79 Å². The molecule has 1 N–H and O–H groups in total. The lowest BCUT2D eigenvalue weighted by molar-refractivity contribution is -0.118. The number of para-hydroxylation sites is 1. The molecule has 4 nitrogen and oxygen atoms in total. The summed E-state index contributed by atoms with van der Waals surface area (Å²) in [5, 5.41) is 3.81. The van der Waals surface area contributed by atoms with E-state index in [2.05, 4.69) is 10.5 Å². The van der Waals surface area contributed by atoms with E-state index in [1.807, 2.05) is 53.4 Å². The van der Waals surface area contributed by atoms with E-state index in [0.29, 0.717) is 0 Å². The third-order valence-electron chi connectivity index (χ3n) is 2.21. The lowest BCUT2D eigenvalue weighted by atomic mass is 10.3. The minimum atomic E-state index is -0.177. The number of amides is 1. The normalized spacial score (nSPS) is 10.6. The number of aromatic nitrogens is 1. The van der Waals surface area contributed by atoms with Crippen LogP contribution in [0.2, 0.25) is 0 Å². The van der Waals surface area contributed by atoms with Gasteiger partial charge in [0, 0.05) is 30.6 Å². The number of nitrogens with zero attached hydrogens (tertiary/aromatic N) is 2. The Labute approximate surface area is 99.6 Å². The maximum atomic E-state index is 10.6. The third-order valence-corrected chi connectivity index (χ3v) is 2.21. The van der Waals surface area contributed by atoms with Crippen LogP contribution in [0.15, 0.2) is 53.9 Å². The first-order valence-corrected chi connectivity index (χ1v) is 5.29. The summed E-state index contributed by atoms with van der Waals surface area (Å²) < 4.78 is 2.00. The van der Waals surface area contributed by atoms with Gasteiger partial charge >= 0.3 is 0 Å². The van der Waals surface area contributed by atoms with Crippen LogP contribution in [-0.2, 0) is 4.79 Å². The van der Waals surface area contributed by atoms with Gasteiger partial charge in [-0.15, -0.1) is 0 Å². The first kappa shape index (κ1) is 11.1. The quantitative estimate of drug-likeness (QED) is 0.632. The summed E-state index contributed by atoms with van der Waals surface area (Å²) in [6.45, 7) is 1.42. The summed E-state index contributed by atoms with van der Waals surface area (Å²) in [7, 11) is 0. The molecular formula is C13H13N3O. The van der Waals surface area contributed by atoms with Gasteiger partial charge in [0.05, 0.1) is 6.21 Å². The fourth-order valence-corrected chi connectivity index (χ4v) is 1.45. The minimum Gasteiger partial charge on any atom is -0.323 e. The molecule has 86 valence electrons. The van der Waals surface area contributed by atoms with E-state index in [4.69, 9.17) is 0 Å². The zero-order valence-corrected chi connectivity index (χ0v) is 9.50. The summed E-state index contributed by atoms with van der Waals surface area (Å²) in [6, 6.07) is 11.9. The smallest absolute Gasteiger partial charge is 0.236 e. The third kappa shape index (κ3) is 3.04. The zero-order chi connectivity index (χ0) is 12.1. The Bertz CT molecular complexity index is 529. The van der Waals surface area contributed by atoms with Crippen LogP contribution in [0.25, 0.3) is 5.69 Å². The second-order valence-electron chi connectivity index (χ2n) is 3.61. The number of carbonyl (C=O) groups excluding carboxylic acids is 1. The van der Waals surface area contributed by atoms with Crippen LogP contribution >= 0.6 is 0 Å². The van der Waals surface area contributed by atoms with Crippen molar-refractivity contribution >= 4 is 12.1 Å². The predicted molar refractivity (Wildman–Crippen MR) is 67.2 cm³/mol. The first-order valence-electron chi connectivity index (χ1n) is 5.29. The Morgan fingerprint density at radius 3 is 2.76 bits per heavy atom. The van der Waals surface area contributed by atoms with E-state index in [1.165, 1.54) is 6.92 Å². The molecule has 2 aromatic rings. The molecule has 4 heteroatoms. The van der Waals surface area contributed by atoms with E-state index in [0.717, 1.165) is 11.3 Å². The molecule has 0 spiro atoms. The van der Waals surface area contributed by atoms with Crippen molar-refractivity contribution in [2.45, 2.75) is 6.92 Å². The van der Waals surface area contributed by atoms with Gasteiger partial charge in [-0.25, -0.2) is 5.43 Å². The number of benzene rings is 1. The summed E-state index contributed by atoms with van der Waals surface area (Å²) in [5.41, 5.74) is 4.39. The van der Waals surface area contributed by atoms with Gasteiger partial charge in [0.1, 0.15) is 0 Å². The van der Waals surface area contributed by atoms with Crippen molar-refractivity contribution in [3.8, 4) is 5.69 Å². The van der Waals surface area contributed by atoms with E-state index < -0.39 is 0 Å². The van der Waals surface area contributed by atoms with Gasteiger partial charge in [0.15, 0.2) is 0 Å². The highest BCUT2D eigenvalue weighted by molar-refractivity contribution is 5.81. The van der Waals surface area contributed by atoms with Crippen LogP contribution in [-0.4, -0.2) is 16.7 Å². The number of nitrogens with one attached hydrogen (secondary N) is 1. The van der Waals surface area contributed by atoms with Gasteiger partial charge in [-0.05, 0) is 18.2 Å². The average Bonchev–Trinajstić information content (AvgIpc) is 2.78. The molecule has 0 unspecified atom stereocenters. The topological polar surface area (TPSA) is 46.4 Å². The molecule has 1 heterocycles. The summed E-state index contributed by atoms with van der Waals surface area (Å²) in [5.74, 6) is -0.177. The lowest BCUT2D eigenvalue weighted by Crippen LogP contribution is -2.12. The molecule has 0 radical (unpaired) electrons. The van der Waals surface area contributed by atoms with Gasteiger partial charge in [-0.3, -0.25) is 4.79 Å². The van der Waals surface area contributed by atoms with E-state index in [9.17, 15) is 4.79 Å². The molecule has 0 saturated heterocycles. The summed E-state index contributed by atoms with van der Waals surface area (Å²) >= 11 is 0. The minimum absolute atomic E-state index is 0.177. The number of rotatable bonds is 3. The molecule has 2 rings (SSSR count). The molecule has 1 aromatic carbocycles. The van der Waals surface area contributed by atoms with Gasteiger partial charge in [0.2, 0.25) is 5.91 Å². The molecule has 1 aromatic heterocycles. The Morgan fingerprint density at radius 1 is 1.29 bits per heavy atom. The van der Waals surface area contributed by atoms with Crippen molar-refractivity contribution in [3.63, 3.8) is 0 Å². The second-order valence-corrected chi connectivity index (χ2v) is 3.61. The largest absolute Gasteiger partial charge is 0.323 e.